The number of rotatable bonds is 8. The Morgan fingerprint density at radius 2 is 2.05 bits per heavy atom. The van der Waals surface area contributed by atoms with Gasteiger partial charge in [-0.25, -0.2) is 0 Å². The number of aliphatic hydroxyl groups is 1. The molecule has 3 N–H and O–H groups in total. The third-order valence-electron chi connectivity index (χ3n) is 3.57. The highest BCUT2D eigenvalue weighted by molar-refractivity contribution is 5.46. The molecule has 0 spiro atoms. The van der Waals surface area contributed by atoms with E-state index >= 15 is 0 Å². The molecule has 0 saturated carbocycles. The predicted octanol–water partition coefficient (Wildman–Crippen LogP) is 1.57. The lowest BCUT2D eigenvalue weighted by atomic mass is 10.2. The lowest BCUT2D eigenvalue weighted by Crippen LogP contribution is -2.35. The first-order valence-electron chi connectivity index (χ1n) is 7.19. The van der Waals surface area contributed by atoms with Gasteiger partial charge in [-0.3, -0.25) is 4.68 Å². The van der Waals surface area contributed by atoms with E-state index in [9.17, 15) is 5.11 Å². The minimum absolute atomic E-state index is 0.408. The number of nitrogen functional groups attached to an aromatic ring is 1. The summed E-state index contributed by atoms with van der Waals surface area (Å²) in [5, 5.41) is 14.5. The van der Waals surface area contributed by atoms with Crippen LogP contribution in [-0.4, -0.2) is 45.5 Å². The lowest BCUT2D eigenvalue weighted by Gasteiger charge is -2.23. The maximum atomic E-state index is 10.2. The van der Waals surface area contributed by atoms with Gasteiger partial charge < -0.3 is 15.7 Å². The maximum Gasteiger partial charge on any atom is 0.0862 e. The highest BCUT2D eigenvalue weighted by Gasteiger charge is 2.14. The average Bonchev–Trinajstić information content (AvgIpc) is 2.62. The second-order valence-corrected chi connectivity index (χ2v) is 5.17. The van der Waals surface area contributed by atoms with E-state index < -0.39 is 6.10 Å². The van der Waals surface area contributed by atoms with Crippen LogP contribution >= 0.6 is 0 Å². The zero-order valence-electron chi connectivity index (χ0n) is 12.7. The molecule has 1 aromatic rings. The van der Waals surface area contributed by atoms with Crippen LogP contribution in [0.2, 0.25) is 0 Å². The molecule has 0 aliphatic rings. The summed E-state index contributed by atoms with van der Waals surface area (Å²) < 4.78 is 1.81. The van der Waals surface area contributed by atoms with Crippen LogP contribution in [0.25, 0.3) is 0 Å². The SMILES string of the molecule is CCCCN(CC)CC(O)Cn1nc(C)c(N)c1C. The summed E-state index contributed by atoms with van der Waals surface area (Å²) in [5.74, 6) is 0. The Morgan fingerprint density at radius 1 is 1.37 bits per heavy atom. The fourth-order valence-electron chi connectivity index (χ4n) is 2.20. The zero-order valence-corrected chi connectivity index (χ0v) is 12.7. The van der Waals surface area contributed by atoms with Gasteiger partial charge in [0.15, 0.2) is 0 Å². The second-order valence-electron chi connectivity index (χ2n) is 5.17. The third kappa shape index (κ3) is 4.51. The number of likely N-dealkylation sites (N-methyl/N-ethyl adjacent to an activating group) is 1. The average molecular weight is 268 g/mol. The molecule has 0 bridgehead atoms. The Balaban J connectivity index is 2.53. The zero-order chi connectivity index (χ0) is 14.4. The van der Waals surface area contributed by atoms with Crippen molar-refractivity contribution in [2.24, 2.45) is 0 Å². The number of unbranched alkanes of at least 4 members (excludes halogenated alkanes) is 1. The van der Waals surface area contributed by atoms with Crippen molar-refractivity contribution in [3.05, 3.63) is 11.4 Å². The molecule has 1 aromatic heterocycles. The Bertz CT molecular complexity index is 389. The smallest absolute Gasteiger partial charge is 0.0862 e. The van der Waals surface area contributed by atoms with Crippen molar-refractivity contribution in [1.82, 2.24) is 14.7 Å². The quantitative estimate of drug-likeness (QED) is 0.751. The molecule has 1 atom stereocenters. The molecule has 0 saturated heterocycles. The van der Waals surface area contributed by atoms with Crippen LogP contribution in [0.4, 0.5) is 5.69 Å². The number of hydrogen-bond acceptors (Lipinski definition) is 4. The van der Waals surface area contributed by atoms with E-state index in [0.29, 0.717) is 13.1 Å². The Labute approximate surface area is 116 Å². The number of hydrogen-bond donors (Lipinski definition) is 2. The van der Waals surface area contributed by atoms with Crippen LogP contribution < -0.4 is 5.73 Å². The molecule has 1 rings (SSSR count). The first-order chi connectivity index (χ1) is 8.99. The second kappa shape index (κ2) is 7.50. The summed E-state index contributed by atoms with van der Waals surface area (Å²) in [6.07, 6.45) is 1.95. The monoisotopic (exact) mass is 268 g/mol. The molecular weight excluding hydrogens is 240 g/mol. The Hall–Kier alpha value is -1.07. The number of aryl methyl sites for hydroxylation is 1. The third-order valence-corrected chi connectivity index (χ3v) is 3.57. The van der Waals surface area contributed by atoms with Crippen LogP contribution in [0.15, 0.2) is 0 Å². The van der Waals surface area contributed by atoms with Crippen molar-refractivity contribution in [2.45, 2.75) is 53.2 Å². The van der Waals surface area contributed by atoms with E-state index in [0.717, 1.165) is 30.2 Å². The van der Waals surface area contributed by atoms with Crippen molar-refractivity contribution >= 4 is 5.69 Å². The van der Waals surface area contributed by atoms with Crippen molar-refractivity contribution in [3.8, 4) is 0 Å². The van der Waals surface area contributed by atoms with Gasteiger partial charge >= 0.3 is 0 Å². The summed E-state index contributed by atoms with van der Waals surface area (Å²) in [7, 11) is 0. The molecule has 1 heterocycles. The minimum Gasteiger partial charge on any atom is -0.396 e. The summed E-state index contributed by atoms with van der Waals surface area (Å²) >= 11 is 0. The van der Waals surface area contributed by atoms with Gasteiger partial charge in [0.25, 0.3) is 0 Å². The standard InChI is InChI=1S/C14H28N4O/c1-5-7-8-17(6-2)9-13(19)10-18-12(4)14(15)11(3)16-18/h13,19H,5-10,15H2,1-4H3. The molecule has 0 aliphatic carbocycles. The van der Waals surface area contributed by atoms with E-state index in [1.165, 1.54) is 12.8 Å². The molecule has 19 heavy (non-hydrogen) atoms. The van der Waals surface area contributed by atoms with Gasteiger partial charge in [-0.15, -0.1) is 0 Å². The van der Waals surface area contributed by atoms with Crippen molar-refractivity contribution in [3.63, 3.8) is 0 Å². The van der Waals surface area contributed by atoms with Gasteiger partial charge in [-0.2, -0.15) is 5.10 Å². The van der Waals surface area contributed by atoms with E-state index in [2.05, 4.69) is 23.8 Å². The lowest BCUT2D eigenvalue weighted by molar-refractivity contribution is 0.0959. The summed E-state index contributed by atoms with van der Waals surface area (Å²) in [4.78, 5) is 2.28. The molecule has 0 aromatic carbocycles. The normalized spacial score (nSPS) is 13.2. The van der Waals surface area contributed by atoms with Crippen molar-refractivity contribution in [1.29, 1.82) is 0 Å². The number of aliphatic hydroxyl groups excluding tert-OH is 1. The topological polar surface area (TPSA) is 67.3 Å². The van der Waals surface area contributed by atoms with Gasteiger partial charge in [0.1, 0.15) is 0 Å². The highest BCUT2D eigenvalue weighted by Crippen LogP contribution is 2.15. The largest absolute Gasteiger partial charge is 0.396 e. The number of nitrogens with two attached hydrogens (primary N) is 1. The molecular formula is C14H28N4O. The Morgan fingerprint density at radius 3 is 2.53 bits per heavy atom. The molecule has 5 heteroatoms. The maximum absolute atomic E-state index is 10.2. The molecule has 0 amide bonds. The van der Waals surface area contributed by atoms with E-state index in [1.807, 2.05) is 18.5 Å². The summed E-state index contributed by atoms with van der Waals surface area (Å²) in [5.41, 5.74) is 8.40. The van der Waals surface area contributed by atoms with Crippen molar-refractivity contribution in [2.75, 3.05) is 25.4 Å². The molecule has 0 radical (unpaired) electrons. The first-order valence-corrected chi connectivity index (χ1v) is 7.19. The van der Waals surface area contributed by atoms with E-state index in [1.54, 1.807) is 0 Å². The van der Waals surface area contributed by atoms with Gasteiger partial charge in [0.2, 0.25) is 0 Å². The van der Waals surface area contributed by atoms with Gasteiger partial charge in [0.05, 0.1) is 29.7 Å². The molecule has 0 fully saturated rings. The number of anilines is 1. The molecule has 1 unspecified atom stereocenters. The predicted molar refractivity (Wildman–Crippen MR) is 79.1 cm³/mol. The van der Waals surface area contributed by atoms with Crippen molar-refractivity contribution < 1.29 is 5.11 Å². The van der Waals surface area contributed by atoms with Crippen LogP contribution in [0.3, 0.4) is 0 Å². The Kier molecular flexibility index (Phi) is 6.31. The van der Waals surface area contributed by atoms with Gasteiger partial charge in [0, 0.05) is 6.54 Å². The highest BCUT2D eigenvalue weighted by atomic mass is 16.3. The number of aromatic nitrogens is 2. The number of nitrogens with zero attached hydrogens (tertiary/aromatic N) is 3. The molecule has 0 aliphatic heterocycles. The van der Waals surface area contributed by atoms with Crippen LogP contribution in [0.1, 0.15) is 38.1 Å². The molecule has 5 nitrogen and oxygen atoms in total. The van der Waals surface area contributed by atoms with Crippen LogP contribution in [-0.2, 0) is 6.54 Å². The van der Waals surface area contributed by atoms with E-state index in [4.69, 9.17) is 5.73 Å². The minimum atomic E-state index is -0.408. The van der Waals surface area contributed by atoms with Gasteiger partial charge in [-0.1, -0.05) is 20.3 Å². The van der Waals surface area contributed by atoms with Gasteiger partial charge in [-0.05, 0) is 33.4 Å². The van der Waals surface area contributed by atoms with Crippen LogP contribution in [0, 0.1) is 13.8 Å². The molecule has 110 valence electrons. The summed E-state index contributed by atoms with van der Waals surface area (Å²) in [6, 6.07) is 0. The fourth-order valence-corrected chi connectivity index (χ4v) is 2.20. The fraction of sp³-hybridized carbons (Fsp3) is 0.786. The first kappa shape index (κ1) is 16.0. The summed E-state index contributed by atoms with van der Waals surface area (Å²) in [6.45, 7) is 11.4. The van der Waals surface area contributed by atoms with Crippen LogP contribution in [0.5, 0.6) is 0 Å². The van der Waals surface area contributed by atoms with E-state index in [-0.39, 0.29) is 0 Å².